The van der Waals surface area contributed by atoms with Gasteiger partial charge >= 0.3 is 0 Å². The van der Waals surface area contributed by atoms with Crippen molar-refractivity contribution in [2.45, 2.75) is 19.9 Å². The topological polar surface area (TPSA) is 64.4 Å². The number of carbonyl (C=O) groups is 1. The van der Waals surface area contributed by atoms with Crippen LogP contribution in [0.5, 0.6) is 5.88 Å². The van der Waals surface area contributed by atoms with Crippen LogP contribution < -0.4 is 10.1 Å². The van der Waals surface area contributed by atoms with E-state index in [2.05, 4.69) is 10.3 Å². The number of hydrogen-bond acceptors (Lipinski definition) is 4. The smallest absolute Gasteiger partial charge is 0.257 e. The first kappa shape index (κ1) is 15.1. The number of aromatic nitrogens is 1. The normalized spacial score (nSPS) is 12.1. The molecular formula is C18H18N2O3. The molecule has 0 aliphatic rings. The van der Waals surface area contributed by atoms with Crippen molar-refractivity contribution in [3.05, 3.63) is 60.0 Å². The molecule has 0 saturated heterocycles. The number of nitrogens with one attached hydrogen (secondary N) is 1. The maximum Gasteiger partial charge on any atom is 0.257 e. The lowest BCUT2D eigenvalue weighted by Crippen LogP contribution is -2.27. The molecule has 23 heavy (non-hydrogen) atoms. The SMILES string of the molecule is CCOc1ncccc1C(=O)NC(C)c1cc2ccccc2o1. The third-order valence-electron chi connectivity index (χ3n) is 3.52. The van der Waals surface area contributed by atoms with Crippen molar-refractivity contribution in [3.8, 4) is 5.88 Å². The van der Waals surface area contributed by atoms with Crippen molar-refractivity contribution >= 4 is 16.9 Å². The minimum atomic E-state index is -0.260. The van der Waals surface area contributed by atoms with Crippen molar-refractivity contribution < 1.29 is 13.9 Å². The number of nitrogens with zero attached hydrogens (tertiary/aromatic N) is 1. The van der Waals surface area contributed by atoms with Gasteiger partial charge in [-0.3, -0.25) is 4.79 Å². The molecule has 0 fully saturated rings. The molecule has 5 heteroatoms. The average molecular weight is 310 g/mol. The van der Waals surface area contributed by atoms with Crippen LogP contribution in [0.1, 0.15) is 36.0 Å². The summed E-state index contributed by atoms with van der Waals surface area (Å²) >= 11 is 0. The van der Waals surface area contributed by atoms with Crippen LogP contribution in [-0.4, -0.2) is 17.5 Å². The molecule has 0 aliphatic carbocycles. The van der Waals surface area contributed by atoms with Crippen LogP contribution in [0.2, 0.25) is 0 Å². The minimum absolute atomic E-state index is 0.241. The zero-order chi connectivity index (χ0) is 16.2. The minimum Gasteiger partial charge on any atom is -0.477 e. The lowest BCUT2D eigenvalue weighted by atomic mass is 10.2. The van der Waals surface area contributed by atoms with Crippen LogP contribution in [0.15, 0.2) is 53.1 Å². The van der Waals surface area contributed by atoms with E-state index in [9.17, 15) is 4.79 Å². The molecule has 1 N–H and O–H groups in total. The largest absolute Gasteiger partial charge is 0.477 e. The second-order valence-electron chi connectivity index (χ2n) is 5.17. The molecule has 3 aromatic rings. The van der Waals surface area contributed by atoms with E-state index in [0.717, 1.165) is 11.0 Å². The highest BCUT2D eigenvalue weighted by Crippen LogP contribution is 2.24. The Labute approximate surface area is 134 Å². The number of benzene rings is 1. The number of fused-ring (bicyclic) bond motifs is 1. The lowest BCUT2D eigenvalue weighted by molar-refractivity contribution is 0.0931. The highest BCUT2D eigenvalue weighted by atomic mass is 16.5. The van der Waals surface area contributed by atoms with Crippen LogP contribution in [0.25, 0.3) is 11.0 Å². The van der Waals surface area contributed by atoms with Crippen molar-refractivity contribution in [3.63, 3.8) is 0 Å². The van der Waals surface area contributed by atoms with E-state index in [1.807, 2.05) is 44.2 Å². The molecule has 1 atom stereocenters. The highest BCUT2D eigenvalue weighted by Gasteiger charge is 2.18. The Kier molecular flexibility index (Phi) is 4.28. The van der Waals surface area contributed by atoms with Gasteiger partial charge in [-0.25, -0.2) is 4.98 Å². The molecule has 3 rings (SSSR count). The standard InChI is InChI=1S/C18H18N2O3/c1-3-22-18-14(8-6-10-19-18)17(21)20-12(2)16-11-13-7-4-5-9-15(13)23-16/h4-12H,3H2,1-2H3,(H,20,21). The van der Waals surface area contributed by atoms with Crippen molar-refractivity contribution in [2.75, 3.05) is 6.61 Å². The average Bonchev–Trinajstić information content (AvgIpc) is 3.00. The van der Waals surface area contributed by atoms with Crippen LogP contribution in [0.4, 0.5) is 0 Å². The Morgan fingerprint density at radius 3 is 2.91 bits per heavy atom. The van der Waals surface area contributed by atoms with Gasteiger partial charge in [0.1, 0.15) is 16.9 Å². The molecule has 2 aromatic heterocycles. The highest BCUT2D eigenvalue weighted by molar-refractivity contribution is 5.96. The first-order valence-corrected chi connectivity index (χ1v) is 7.56. The van der Waals surface area contributed by atoms with Crippen LogP contribution in [0, 0.1) is 0 Å². The van der Waals surface area contributed by atoms with E-state index in [0.29, 0.717) is 23.8 Å². The number of rotatable bonds is 5. The van der Waals surface area contributed by atoms with Crippen LogP contribution in [0.3, 0.4) is 0 Å². The number of para-hydroxylation sites is 1. The zero-order valence-corrected chi connectivity index (χ0v) is 13.1. The summed E-state index contributed by atoms with van der Waals surface area (Å²) in [5.41, 5.74) is 1.22. The number of hydrogen-bond donors (Lipinski definition) is 1. The molecule has 5 nitrogen and oxygen atoms in total. The first-order valence-electron chi connectivity index (χ1n) is 7.56. The zero-order valence-electron chi connectivity index (χ0n) is 13.1. The van der Waals surface area contributed by atoms with Crippen LogP contribution in [-0.2, 0) is 0 Å². The van der Waals surface area contributed by atoms with Gasteiger partial charge in [0.05, 0.1) is 12.6 Å². The third kappa shape index (κ3) is 3.18. The van der Waals surface area contributed by atoms with E-state index in [4.69, 9.17) is 9.15 Å². The maximum atomic E-state index is 12.5. The van der Waals surface area contributed by atoms with E-state index in [1.54, 1.807) is 18.3 Å². The molecule has 1 aromatic carbocycles. The van der Waals surface area contributed by atoms with Gasteiger partial charge in [-0.2, -0.15) is 0 Å². The maximum absolute atomic E-state index is 12.5. The van der Waals surface area contributed by atoms with Crippen molar-refractivity contribution in [1.29, 1.82) is 0 Å². The second kappa shape index (κ2) is 6.52. The van der Waals surface area contributed by atoms with Crippen molar-refractivity contribution in [2.24, 2.45) is 0 Å². The number of ether oxygens (including phenoxy) is 1. The molecule has 0 radical (unpaired) electrons. The molecule has 0 saturated carbocycles. The van der Waals surface area contributed by atoms with Gasteiger partial charge in [0.15, 0.2) is 0 Å². The Hall–Kier alpha value is -2.82. The van der Waals surface area contributed by atoms with Gasteiger partial charge < -0.3 is 14.5 Å². The second-order valence-corrected chi connectivity index (χ2v) is 5.17. The predicted octanol–water partition coefficient (Wildman–Crippen LogP) is 3.72. The van der Waals surface area contributed by atoms with E-state index < -0.39 is 0 Å². The third-order valence-corrected chi connectivity index (χ3v) is 3.52. The molecule has 1 amide bonds. The summed E-state index contributed by atoms with van der Waals surface area (Å²) in [6.45, 7) is 4.19. The Balaban J connectivity index is 1.79. The van der Waals surface area contributed by atoms with E-state index in [-0.39, 0.29) is 11.9 Å². The summed E-state index contributed by atoms with van der Waals surface area (Å²) in [4.78, 5) is 16.6. The van der Waals surface area contributed by atoms with E-state index >= 15 is 0 Å². The number of pyridine rings is 1. The quantitative estimate of drug-likeness (QED) is 0.780. The molecule has 2 heterocycles. The fourth-order valence-electron chi connectivity index (χ4n) is 2.38. The monoisotopic (exact) mass is 310 g/mol. The lowest BCUT2D eigenvalue weighted by Gasteiger charge is -2.13. The number of amides is 1. The fraction of sp³-hybridized carbons (Fsp3) is 0.222. The first-order chi connectivity index (χ1) is 11.2. The number of carbonyl (C=O) groups excluding carboxylic acids is 1. The fourth-order valence-corrected chi connectivity index (χ4v) is 2.38. The summed E-state index contributed by atoms with van der Waals surface area (Å²) in [5.74, 6) is 0.806. The van der Waals surface area contributed by atoms with Gasteiger partial charge in [-0.15, -0.1) is 0 Å². The van der Waals surface area contributed by atoms with Crippen molar-refractivity contribution in [1.82, 2.24) is 10.3 Å². The Morgan fingerprint density at radius 1 is 1.30 bits per heavy atom. The molecular weight excluding hydrogens is 292 g/mol. The molecule has 0 aliphatic heterocycles. The van der Waals surface area contributed by atoms with Gasteiger partial charge in [0.2, 0.25) is 5.88 Å². The summed E-state index contributed by atoms with van der Waals surface area (Å²) in [6, 6.07) is 12.8. The summed E-state index contributed by atoms with van der Waals surface area (Å²) in [5, 5.41) is 3.93. The van der Waals surface area contributed by atoms with E-state index in [1.165, 1.54) is 0 Å². The Morgan fingerprint density at radius 2 is 2.13 bits per heavy atom. The molecule has 0 bridgehead atoms. The Bertz CT molecular complexity index is 793. The van der Waals surface area contributed by atoms with Gasteiger partial charge in [0, 0.05) is 11.6 Å². The number of furan rings is 1. The summed E-state index contributed by atoms with van der Waals surface area (Å²) in [7, 11) is 0. The summed E-state index contributed by atoms with van der Waals surface area (Å²) in [6.07, 6.45) is 1.60. The summed E-state index contributed by atoms with van der Waals surface area (Å²) < 4.78 is 11.2. The molecule has 1 unspecified atom stereocenters. The van der Waals surface area contributed by atoms with Gasteiger partial charge in [-0.1, -0.05) is 18.2 Å². The molecule has 118 valence electrons. The van der Waals surface area contributed by atoms with Gasteiger partial charge in [-0.05, 0) is 38.1 Å². The molecule has 0 spiro atoms. The predicted molar refractivity (Wildman–Crippen MR) is 87.5 cm³/mol. The van der Waals surface area contributed by atoms with Gasteiger partial charge in [0.25, 0.3) is 5.91 Å². The van der Waals surface area contributed by atoms with Crippen LogP contribution >= 0.6 is 0 Å².